The van der Waals surface area contributed by atoms with E-state index in [0.29, 0.717) is 16.1 Å². The van der Waals surface area contributed by atoms with Crippen molar-refractivity contribution in [1.29, 1.82) is 0 Å². The number of aromatic nitrogens is 3. The van der Waals surface area contributed by atoms with Gasteiger partial charge in [0.15, 0.2) is 4.80 Å². The van der Waals surface area contributed by atoms with Gasteiger partial charge in [-0.25, -0.2) is 14.2 Å². The Morgan fingerprint density at radius 3 is 2.71 bits per heavy atom. The lowest BCUT2D eigenvalue weighted by Gasteiger charge is -2.23. The molecule has 0 radical (unpaired) electrons. The number of nitrogens with zero attached hydrogens (tertiary/aromatic N) is 4. The van der Waals surface area contributed by atoms with Crippen molar-refractivity contribution in [1.82, 2.24) is 14.3 Å². The lowest BCUT2D eigenvalue weighted by molar-refractivity contribution is -0.136. The first-order chi connectivity index (χ1) is 14.7. The zero-order valence-corrected chi connectivity index (χ0v) is 18.7. The van der Waals surface area contributed by atoms with Crippen molar-refractivity contribution in [3.8, 4) is 0 Å². The molecule has 10 heteroatoms. The number of hydrogen-bond donors (Lipinski definition) is 0. The SMILES string of the molecule is COC(=O)C1=C(C)N=c2s/c(=C/c3c(F)cccc3Cl)c(=O)n2C1c1cnn(C)c1C. The highest BCUT2D eigenvalue weighted by molar-refractivity contribution is 7.07. The van der Waals surface area contributed by atoms with Crippen LogP contribution in [0.1, 0.15) is 29.8 Å². The van der Waals surface area contributed by atoms with Gasteiger partial charge in [0.05, 0.1) is 34.1 Å². The van der Waals surface area contributed by atoms with Crippen molar-refractivity contribution in [2.75, 3.05) is 7.11 Å². The van der Waals surface area contributed by atoms with Crippen LogP contribution >= 0.6 is 22.9 Å². The van der Waals surface area contributed by atoms with Gasteiger partial charge in [-0.15, -0.1) is 0 Å². The van der Waals surface area contributed by atoms with Crippen LogP contribution < -0.4 is 14.9 Å². The summed E-state index contributed by atoms with van der Waals surface area (Å²) in [5.41, 5.74) is 1.86. The number of esters is 1. The number of rotatable bonds is 3. The van der Waals surface area contributed by atoms with Crippen LogP contribution in [0.4, 0.5) is 4.39 Å². The summed E-state index contributed by atoms with van der Waals surface area (Å²) in [6.07, 6.45) is 3.03. The number of hydrogen-bond acceptors (Lipinski definition) is 6. The van der Waals surface area contributed by atoms with Crippen LogP contribution in [0.15, 0.2) is 45.5 Å². The molecule has 0 bridgehead atoms. The van der Waals surface area contributed by atoms with Crippen LogP contribution in [0.2, 0.25) is 5.02 Å². The van der Waals surface area contributed by atoms with E-state index in [2.05, 4.69) is 10.1 Å². The first-order valence-corrected chi connectivity index (χ1v) is 10.5. The third-order valence-corrected chi connectivity index (χ3v) is 6.58. The molecule has 1 aromatic carbocycles. The molecule has 31 heavy (non-hydrogen) atoms. The molecule has 0 N–H and O–H groups in total. The molecule has 0 fully saturated rings. The van der Waals surface area contributed by atoms with E-state index in [4.69, 9.17) is 16.3 Å². The quantitative estimate of drug-likeness (QED) is 0.561. The van der Waals surface area contributed by atoms with Gasteiger partial charge in [-0.1, -0.05) is 29.0 Å². The molecule has 4 rings (SSSR count). The Labute approximate surface area is 185 Å². The third kappa shape index (κ3) is 3.43. The van der Waals surface area contributed by atoms with E-state index in [0.717, 1.165) is 17.0 Å². The Kier molecular flexibility index (Phi) is 5.40. The summed E-state index contributed by atoms with van der Waals surface area (Å²) in [5.74, 6) is -1.12. The number of carbonyl (C=O) groups is 1. The van der Waals surface area contributed by atoms with Gasteiger partial charge in [-0.2, -0.15) is 5.10 Å². The minimum Gasteiger partial charge on any atom is -0.466 e. The highest BCUT2D eigenvalue weighted by atomic mass is 35.5. The molecule has 1 aliphatic heterocycles. The highest BCUT2D eigenvalue weighted by Crippen LogP contribution is 2.32. The second-order valence-electron chi connectivity index (χ2n) is 7.02. The number of thiazole rings is 1. The van der Waals surface area contributed by atoms with E-state index in [1.165, 1.54) is 29.9 Å². The smallest absolute Gasteiger partial charge is 0.338 e. The molecule has 3 heterocycles. The van der Waals surface area contributed by atoms with Crippen LogP contribution in [0.5, 0.6) is 0 Å². The molecule has 0 saturated carbocycles. The molecule has 0 spiro atoms. The van der Waals surface area contributed by atoms with Crippen molar-refractivity contribution < 1.29 is 13.9 Å². The Balaban J connectivity index is 2.04. The normalized spacial score (nSPS) is 16.3. The second-order valence-corrected chi connectivity index (χ2v) is 8.43. The van der Waals surface area contributed by atoms with Gasteiger partial charge < -0.3 is 4.74 Å². The van der Waals surface area contributed by atoms with Gasteiger partial charge in [0.25, 0.3) is 5.56 Å². The Bertz CT molecular complexity index is 1410. The maximum absolute atomic E-state index is 14.3. The van der Waals surface area contributed by atoms with Crippen LogP contribution in [0.3, 0.4) is 0 Å². The number of fused-ring (bicyclic) bond motifs is 1. The molecule has 2 aromatic heterocycles. The summed E-state index contributed by atoms with van der Waals surface area (Å²) in [4.78, 5) is 30.9. The van der Waals surface area contributed by atoms with Crippen molar-refractivity contribution in [2.24, 2.45) is 12.0 Å². The van der Waals surface area contributed by atoms with Crippen molar-refractivity contribution >= 4 is 35.0 Å². The first-order valence-electron chi connectivity index (χ1n) is 9.28. The van der Waals surface area contributed by atoms with E-state index >= 15 is 0 Å². The minimum atomic E-state index is -0.768. The Morgan fingerprint density at radius 2 is 2.10 bits per heavy atom. The number of methoxy groups -OCH3 is 1. The average molecular weight is 461 g/mol. The summed E-state index contributed by atoms with van der Waals surface area (Å²) in [6.45, 7) is 3.54. The predicted molar refractivity (Wildman–Crippen MR) is 115 cm³/mol. The van der Waals surface area contributed by atoms with E-state index in [-0.39, 0.29) is 20.7 Å². The predicted octanol–water partition coefficient (Wildman–Crippen LogP) is 2.24. The van der Waals surface area contributed by atoms with E-state index < -0.39 is 23.4 Å². The number of carbonyl (C=O) groups excluding carboxylic acids is 1. The van der Waals surface area contributed by atoms with Gasteiger partial charge in [0.1, 0.15) is 11.9 Å². The number of halogens is 2. The van der Waals surface area contributed by atoms with E-state index in [9.17, 15) is 14.0 Å². The van der Waals surface area contributed by atoms with Gasteiger partial charge in [-0.05, 0) is 32.1 Å². The molecule has 1 aliphatic rings. The topological polar surface area (TPSA) is 78.5 Å². The lowest BCUT2D eigenvalue weighted by atomic mass is 9.96. The maximum Gasteiger partial charge on any atom is 0.338 e. The standard InChI is InChI=1S/C21H18ClFN4O3S/c1-10-17(20(29)30-4)18(13-9-24-26(3)11(13)2)27-19(28)16(31-21(27)25-10)8-12-14(22)6-5-7-15(12)23/h5-9,18H,1-4H3/b16-8+. The fraction of sp³-hybridized carbons (Fsp3) is 0.238. The largest absolute Gasteiger partial charge is 0.466 e. The Morgan fingerprint density at radius 1 is 1.35 bits per heavy atom. The Hall–Kier alpha value is -3.04. The number of aryl methyl sites for hydroxylation is 1. The van der Waals surface area contributed by atoms with Gasteiger partial charge in [0, 0.05) is 23.9 Å². The fourth-order valence-electron chi connectivity index (χ4n) is 3.55. The second kappa shape index (κ2) is 7.90. The zero-order valence-electron chi connectivity index (χ0n) is 17.1. The molecule has 0 saturated heterocycles. The van der Waals surface area contributed by atoms with Crippen molar-refractivity contribution in [2.45, 2.75) is 19.9 Å². The van der Waals surface area contributed by atoms with Crippen molar-refractivity contribution in [3.63, 3.8) is 0 Å². The number of benzene rings is 1. The lowest BCUT2D eigenvalue weighted by Crippen LogP contribution is -2.40. The van der Waals surface area contributed by atoms with E-state index in [1.807, 2.05) is 6.92 Å². The van der Waals surface area contributed by atoms with Crippen LogP contribution in [0, 0.1) is 12.7 Å². The van der Waals surface area contributed by atoms with Crippen LogP contribution in [-0.2, 0) is 16.6 Å². The molecular weight excluding hydrogens is 443 g/mol. The summed E-state index contributed by atoms with van der Waals surface area (Å²) < 4.78 is 22.6. The molecule has 0 aliphatic carbocycles. The minimum absolute atomic E-state index is 0.118. The fourth-order valence-corrected chi connectivity index (χ4v) is 4.80. The molecule has 1 atom stereocenters. The maximum atomic E-state index is 14.3. The molecule has 3 aromatic rings. The van der Waals surface area contributed by atoms with Gasteiger partial charge in [0.2, 0.25) is 0 Å². The molecule has 7 nitrogen and oxygen atoms in total. The summed E-state index contributed by atoms with van der Waals surface area (Å²) in [7, 11) is 3.05. The van der Waals surface area contributed by atoms with Gasteiger partial charge in [-0.3, -0.25) is 14.0 Å². The zero-order chi connectivity index (χ0) is 22.4. The average Bonchev–Trinajstić information content (AvgIpc) is 3.22. The summed E-state index contributed by atoms with van der Waals surface area (Å²) >= 11 is 7.23. The summed E-state index contributed by atoms with van der Waals surface area (Å²) in [6, 6.07) is 3.55. The van der Waals surface area contributed by atoms with Gasteiger partial charge >= 0.3 is 5.97 Å². The summed E-state index contributed by atoms with van der Waals surface area (Å²) in [5, 5.41) is 4.45. The molecule has 160 valence electrons. The number of ether oxygens (including phenoxy) is 1. The highest BCUT2D eigenvalue weighted by Gasteiger charge is 2.35. The third-order valence-electron chi connectivity index (χ3n) is 5.27. The van der Waals surface area contributed by atoms with Crippen LogP contribution in [-0.4, -0.2) is 27.4 Å². The van der Waals surface area contributed by atoms with E-state index in [1.54, 1.807) is 30.9 Å². The first kappa shape index (κ1) is 21.2. The van der Waals surface area contributed by atoms with Crippen LogP contribution in [0.25, 0.3) is 6.08 Å². The number of allylic oxidation sites excluding steroid dienone is 1. The molecule has 1 unspecified atom stereocenters. The molecular formula is C21H18ClFN4O3S. The van der Waals surface area contributed by atoms with Crippen molar-refractivity contribution in [3.05, 3.63) is 83.0 Å². The monoisotopic (exact) mass is 460 g/mol. The molecule has 0 amide bonds.